The van der Waals surface area contributed by atoms with E-state index in [2.05, 4.69) is 34.5 Å². The number of nitrogens with zero attached hydrogens (tertiary/aromatic N) is 2. The highest BCUT2D eigenvalue weighted by Gasteiger charge is 2.12. The summed E-state index contributed by atoms with van der Waals surface area (Å²) < 4.78 is 0. The van der Waals surface area contributed by atoms with Crippen molar-refractivity contribution in [1.29, 1.82) is 0 Å². The van der Waals surface area contributed by atoms with E-state index in [1.165, 1.54) is 0 Å². The van der Waals surface area contributed by atoms with Gasteiger partial charge in [0.05, 0.1) is 5.52 Å². The second-order valence-corrected chi connectivity index (χ2v) is 4.88. The second-order valence-electron chi connectivity index (χ2n) is 4.88. The smallest absolute Gasteiger partial charge is 0.272 e. The minimum atomic E-state index is -0.109. The number of benzene rings is 1. The predicted molar refractivity (Wildman–Crippen MR) is 76.2 cm³/mol. The monoisotopic (exact) mass is 260 g/mol. The van der Waals surface area contributed by atoms with Gasteiger partial charge in [0.25, 0.3) is 5.91 Å². The molecule has 0 aliphatic rings. The molecule has 1 aromatic heterocycles. The number of nitrogens with one attached hydrogen (secondary N) is 2. The van der Waals surface area contributed by atoms with Crippen LogP contribution in [0.1, 0.15) is 23.3 Å². The number of unbranched alkanes of at least 4 members (excludes halogenated alkanes) is 1. The number of hydrogen-bond donors (Lipinski definition) is 2. The molecule has 0 saturated carbocycles. The van der Waals surface area contributed by atoms with E-state index in [0.717, 1.165) is 30.3 Å². The van der Waals surface area contributed by atoms with Crippen LogP contribution in [0.4, 0.5) is 0 Å². The number of aromatic nitrogens is 2. The molecule has 2 aromatic rings. The molecule has 1 heterocycles. The Morgan fingerprint density at radius 1 is 1.32 bits per heavy atom. The highest BCUT2D eigenvalue weighted by molar-refractivity contribution is 6.04. The van der Waals surface area contributed by atoms with Crippen molar-refractivity contribution in [1.82, 2.24) is 20.4 Å². The summed E-state index contributed by atoms with van der Waals surface area (Å²) in [5.41, 5.74) is 1.36. The normalized spacial score (nSPS) is 11.1. The minimum absolute atomic E-state index is 0.109. The summed E-state index contributed by atoms with van der Waals surface area (Å²) in [4.78, 5) is 14.2. The maximum absolute atomic E-state index is 12.0. The molecule has 0 aliphatic heterocycles. The van der Waals surface area contributed by atoms with Crippen molar-refractivity contribution in [2.75, 3.05) is 27.2 Å². The zero-order valence-corrected chi connectivity index (χ0v) is 11.4. The average molecular weight is 260 g/mol. The highest BCUT2D eigenvalue weighted by atomic mass is 16.1. The van der Waals surface area contributed by atoms with Gasteiger partial charge in [0, 0.05) is 11.9 Å². The van der Waals surface area contributed by atoms with Gasteiger partial charge in [-0.25, -0.2) is 0 Å². The van der Waals surface area contributed by atoms with Crippen molar-refractivity contribution < 1.29 is 4.79 Å². The SMILES string of the molecule is CN(C)CCCCNC(=O)c1n[nH]c2ccccc12. The average Bonchev–Trinajstić information content (AvgIpc) is 2.81. The summed E-state index contributed by atoms with van der Waals surface area (Å²) >= 11 is 0. The van der Waals surface area contributed by atoms with E-state index in [9.17, 15) is 4.79 Å². The number of hydrogen-bond acceptors (Lipinski definition) is 3. The van der Waals surface area contributed by atoms with Crippen molar-refractivity contribution in [3.05, 3.63) is 30.0 Å². The number of amides is 1. The molecule has 2 rings (SSSR count). The molecule has 1 aromatic carbocycles. The first-order valence-electron chi connectivity index (χ1n) is 6.54. The lowest BCUT2D eigenvalue weighted by Crippen LogP contribution is -2.25. The van der Waals surface area contributed by atoms with Gasteiger partial charge in [-0.15, -0.1) is 0 Å². The zero-order chi connectivity index (χ0) is 13.7. The van der Waals surface area contributed by atoms with E-state index in [1.54, 1.807) is 0 Å². The summed E-state index contributed by atoms with van der Waals surface area (Å²) in [5.74, 6) is -0.109. The van der Waals surface area contributed by atoms with Gasteiger partial charge in [0.1, 0.15) is 0 Å². The first-order valence-corrected chi connectivity index (χ1v) is 6.54. The molecular formula is C14H20N4O. The molecular weight excluding hydrogens is 240 g/mol. The van der Waals surface area contributed by atoms with Crippen molar-refractivity contribution in [2.24, 2.45) is 0 Å². The van der Waals surface area contributed by atoms with Gasteiger partial charge in [0.15, 0.2) is 5.69 Å². The zero-order valence-electron chi connectivity index (χ0n) is 11.4. The Labute approximate surface area is 113 Å². The molecule has 0 spiro atoms. The van der Waals surface area contributed by atoms with Crippen LogP contribution in [0.3, 0.4) is 0 Å². The molecule has 0 fully saturated rings. The lowest BCUT2D eigenvalue weighted by Gasteiger charge is -2.09. The van der Waals surface area contributed by atoms with Gasteiger partial charge < -0.3 is 10.2 Å². The van der Waals surface area contributed by atoms with Crippen LogP contribution < -0.4 is 5.32 Å². The van der Waals surface area contributed by atoms with E-state index < -0.39 is 0 Å². The van der Waals surface area contributed by atoms with Crippen LogP contribution in [0, 0.1) is 0 Å². The van der Waals surface area contributed by atoms with Gasteiger partial charge in [-0.2, -0.15) is 5.10 Å². The van der Waals surface area contributed by atoms with E-state index in [0.29, 0.717) is 12.2 Å². The largest absolute Gasteiger partial charge is 0.351 e. The van der Waals surface area contributed by atoms with Gasteiger partial charge in [-0.05, 0) is 39.5 Å². The van der Waals surface area contributed by atoms with Gasteiger partial charge >= 0.3 is 0 Å². The second kappa shape index (κ2) is 6.33. The first-order chi connectivity index (χ1) is 9.18. The van der Waals surface area contributed by atoms with E-state index >= 15 is 0 Å². The number of carbonyl (C=O) groups is 1. The summed E-state index contributed by atoms with van der Waals surface area (Å²) in [7, 11) is 4.10. The maximum atomic E-state index is 12.0. The van der Waals surface area contributed by atoms with Crippen LogP contribution in [-0.4, -0.2) is 48.2 Å². The number of fused-ring (bicyclic) bond motifs is 1. The standard InChI is InChI=1S/C14H20N4O/c1-18(2)10-6-5-9-15-14(19)13-11-7-3-4-8-12(11)16-17-13/h3-4,7-8H,5-6,9-10H2,1-2H3,(H,15,19)(H,16,17). The van der Waals surface area contributed by atoms with Crippen LogP contribution in [-0.2, 0) is 0 Å². The van der Waals surface area contributed by atoms with Crippen molar-refractivity contribution >= 4 is 16.8 Å². The molecule has 0 bridgehead atoms. The van der Waals surface area contributed by atoms with Crippen LogP contribution >= 0.6 is 0 Å². The summed E-state index contributed by atoms with van der Waals surface area (Å²) in [6, 6.07) is 7.64. The Bertz CT molecular complexity index is 547. The van der Waals surface area contributed by atoms with E-state index in [4.69, 9.17) is 0 Å². The molecule has 5 heteroatoms. The molecule has 2 N–H and O–H groups in total. The van der Waals surface area contributed by atoms with Crippen molar-refractivity contribution in [3.8, 4) is 0 Å². The van der Waals surface area contributed by atoms with Crippen LogP contribution in [0.5, 0.6) is 0 Å². The van der Waals surface area contributed by atoms with Gasteiger partial charge in [-0.1, -0.05) is 18.2 Å². The first kappa shape index (κ1) is 13.5. The fraction of sp³-hybridized carbons (Fsp3) is 0.429. The van der Waals surface area contributed by atoms with E-state index in [1.807, 2.05) is 24.3 Å². The molecule has 0 radical (unpaired) electrons. The molecule has 1 amide bonds. The molecule has 5 nitrogen and oxygen atoms in total. The molecule has 19 heavy (non-hydrogen) atoms. The Balaban J connectivity index is 1.86. The lowest BCUT2D eigenvalue weighted by molar-refractivity contribution is 0.0949. The molecule has 0 aliphatic carbocycles. The number of rotatable bonds is 6. The maximum Gasteiger partial charge on any atom is 0.272 e. The third-order valence-corrected chi connectivity index (χ3v) is 3.00. The molecule has 0 atom stereocenters. The Kier molecular flexibility index (Phi) is 4.52. The minimum Gasteiger partial charge on any atom is -0.351 e. The quantitative estimate of drug-likeness (QED) is 0.776. The Morgan fingerprint density at radius 2 is 2.11 bits per heavy atom. The van der Waals surface area contributed by atoms with Gasteiger partial charge in [0.2, 0.25) is 0 Å². The summed E-state index contributed by atoms with van der Waals surface area (Å²) in [5, 5.41) is 10.7. The highest BCUT2D eigenvalue weighted by Crippen LogP contribution is 2.14. The third kappa shape index (κ3) is 3.54. The number of H-pyrrole nitrogens is 1. The molecule has 0 unspecified atom stereocenters. The summed E-state index contributed by atoms with van der Waals surface area (Å²) in [6.07, 6.45) is 2.06. The summed E-state index contributed by atoms with van der Waals surface area (Å²) in [6.45, 7) is 1.73. The Hall–Kier alpha value is -1.88. The fourth-order valence-electron chi connectivity index (χ4n) is 1.98. The molecule has 0 saturated heterocycles. The topological polar surface area (TPSA) is 61.0 Å². The van der Waals surface area contributed by atoms with Crippen LogP contribution in [0.15, 0.2) is 24.3 Å². The van der Waals surface area contributed by atoms with Crippen LogP contribution in [0.2, 0.25) is 0 Å². The fourth-order valence-corrected chi connectivity index (χ4v) is 1.98. The number of para-hydroxylation sites is 1. The number of aromatic amines is 1. The van der Waals surface area contributed by atoms with Crippen molar-refractivity contribution in [3.63, 3.8) is 0 Å². The third-order valence-electron chi connectivity index (χ3n) is 3.00. The van der Waals surface area contributed by atoms with Crippen LogP contribution in [0.25, 0.3) is 10.9 Å². The lowest BCUT2D eigenvalue weighted by atomic mass is 10.2. The van der Waals surface area contributed by atoms with E-state index in [-0.39, 0.29) is 5.91 Å². The van der Waals surface area contributed by atoms with Crippen molar-refractivity contribution in [2.45, 2.75) is 12.8 Å². The predicted octanol–water partition coefficient (Wildman–Crippen LogP) is 1.63. The molecule has 102 valence electrons. The Morgan fingerprint density at radius 3 is 2.89 bits per heavy atom. The van der Waals surface area contributed by atoms with Gasteiger partial charge in [-0.3, -0.25) is 9.89 Å². The number of carbonyl (C=O) groups excluding carboxylic acids is 1.